The van der Waals surface area contributed by atoms with E-state index in [0.717, 1.165) is 5.33 Å². The molecule has 0 aromatic carbocycles. The quantitative estimate of drug-likeness (QED) is 0.505. The molecule has 0 spiro atoms. The normalized spacial score (nSPS) is 23.5. The molecule has 0 aromatic rings. The van der Waals surface area contributed by atoms with Crippen molar-refractivity contribution < 1.29 is 29.0 Å². The Bertz CT molecular complexity index is 230. The van der Waals surface area contributed by atoms with Crippen LogP contribution in [0.1, 0.15) is 0 Å². The molecular formula is C10H20Br2O6P+. The van der Waals surface area contributed by atoms with Crippen LogP contribution in [0.3, 0.4) is 0 Å². The van der Waals surface area contributed by atoms with Crippen molar-refractivity contribution in [3.63, 3.8) is 0 Å². The summed E-state index contributed by atoms with van der Waals surface area (Å²) in [5.74, 6) is 0. The Morgan fingerprint density at radius 2 is 2.05 bits per heavy atom. The number of ether oxygens (including phenoxy) is 2. The van der Waals surface area contributed by atoms with Gasteiger partial charge in [0.05, 0.1) is 25.4 Å². The lowest BCUT2D eigenvalue weighted by molar-refractivity contribution is -0.0980. The van der Waals surface area contributed by atoms with Gasteiger partial charge in [0.25, 0.3) is 0 Å². The van der Waals surface area contributed by atoms with Gasteiger partial charge in [0, 0.05) is 10.7 Å². The van der Waals surface area contributed by atoms with Gasteiger partial charge in [0.15, 0.2) is 6.16 Å². The Hall–Kier alpha value is 0.570. The van der Waals surface area contributed by atoms with Crippen LogP contribution in [0.4, 0.5) is 0 Å². The molecule has 1 fully saturated rings. The standard InChI is InChI=1S/C6H11BrO3P.C3H7BrO2.CH2O/c1-11(8)4-6-9-3-5(2-7)10-6;4-1-3(6)2-5;1-2/h5-6H,2-4H2,1H3;3,5-6H,1-2H2;1H2/q+1;;. The molecule has 6 nitrogen and oxygen atoms in total. The zero-order chi connectivity index (χ0) is 15.3. The fourth-order valence-electron chi connectivity index (χ4n) is 0.943. The molecule has 0 saturated carbocycles. The molecule has 4 unspecified atom stereocenters. The fourth-order valence-corrected chi connectivity index (χ4v) is 2.10. The van der Waals surface area contributed by atoms with Gasteiger partial charge in [-0.3, -0.25) is 0 Å². The van der Waals surface area contributed by atoms with E-state index in [1.165, 1.54) is 0 Å². The number of carbonyl (C=O) groups excluding carboxylic acids is 1. The van der Waals surface area contributed by atoms with Gasteiger partial charge < -0.3 is 24.5 Å². The zero-order valence-corrected chi connectivity index (χ0v) is 14.8. The van der Waals surface area contributed by atoms with Gasteiger partial charge >= 0.3 is 7.80 Å². The van der Waals surface area contributed by atoms with Crippen molar-refractivity contribution in [2.75, 3.05) is 36.7 Å². The maximum absolute atomic E-state index is 10.8. The number of alkyl halides is 2. The van der Waals surface area contributed by atoms with Crippen molar-refractivity contribution in [1.29, 1.82) is 0 Å². The van der Waals surface area contributed by atoms with Crippen LogP contribution in [-0.2, 0) is 18.8 Å². The monoisotopic (exact) mass is 425 g/mol. The molecule has 2 N–H and O–H groups in total. The van der Waals surface area contributed by atoms with Crippen molar-refractivity contribution >= 4 is 46.4 Å². The van der Waals surface area contributed by atoms with Crippen molar-refractivity contribution in [3.8, 4) is 0 Å². The van der Waals surface area contributed by atoms with E-state index < -0.39 is 13.9 Å². The summed E-state index contributed by atoms with van der Waals surface area (Å²) in [7, 11) is -1.15. The van der Waals surface area contributed by atoms with Gasteiger partial charge in [-0.05, 0) is 0 Å². The minimum absolute atomic E-state index is 0.134. The summed E-state index contributed by atoms with van der Waals surface area (Å²) in [6.45, 7) is 4.13. The molecule has 1 rings (SSSR count). The Morgan fingerprint density at radius 3 is 2.32 bits per heavy atom. The molecule has 114 valence electrons. The van der Waals surface area contributed by atoms with Gasteiger partial charge in [-0.2, -0.15) is 0 Å². The lowest BCUT2D eigenvalue weighted by Crippen LogP contribution is -2.14. The molecule has 0 radical (unpaired) electrons. The number of carbonyl (C=O) groups is 1. The van der Waals surface area contributed by atoms with Crippen LogP contribution in [0.2, 0.25) is 0 Å². The molecular weight excluding hydrogens is 407 g/mol. The highest BCUT2D eigenvalue weighted by molar-refractivity contribution is 9.09. The molecule has 0 bridgehead atoms. The number of hydrogen-bond acceptors (Lipinski definition) is 6. The van der Waals surface area contributed by atoms with Gasteiger partial charge in [0.2, 0.25) is 6.29 Å². The minimum Gasteiger partial charge on any atom is -0.394 e. The second-order valence-corrected chi connectivity index (χ2v) is 6.39. The predicted octanol–water partition coefficient (Wildman–Crippen LogP) is 1.13. The first kappa shape index (κ1) is 21.9. The predicted molar refractivity (Wildman–Crippen MR) is 80.8 cm³/mol. The number of halogens is 2. The lowest BCUT2D eigenvalue weighted by Gasteiger charge is -2.02. The topological polar surface area (TPSA) is 93.1 Å². The van der Waals surface area contributed by atoms with Crippen molar-refractivity contribution in [2.45, 2.75) is 18.5 Å². The van der Waals surface area contributed by atoms with E-state index >= 15 is 0 Å². The Morgan fingerprint density at radius 1 is 1.47 bits per heavy atom. The highest BCUT2D eigenvalue weighted by Gasteiger charge is 2.29. The van der Waals surface area contributed by atoms with E-state index in [0.29, 0.717) is 18.1 Å². The molecule has 1 heterocycles. The maximum atomic E-state index is 10.8. The Balaban J connectivity index is 0. The highest BCUT2D eigenvalue weighted by atomic mass is 79.9. The Kier molecular flexibility index (Phi) is 17.2. The molecule has 0 amide bonds. The molecule has 1 saturated heterocycles. The van der Waals surface area contributed by atoms with E-state index in [9.17, 15) is 4.57 Å². The second kappa shape index (κ2) is 15.0. The summed E-state index contributed by atoms with van der Waals surface area (Å²) in [5, 5.41) is 17.7. The average molecular weight is 427 g/mol. The first-order chi connectivity index (χ1) is 9.03. The van der Waals surface area contributed by atoms with E-state index in [2.05, 4.69) is 31.9 Å². The summed E-state index contributed by atoms with van der Waals surface area (Å²) in [6.07, 6.45) is -0.190. The molecule has 4 atom stereocenters. The van der Waals surface area contributed by atoms with Crippen LogP contribution in [0, 0.1) is 0 Å². The van der Waals surface area contributed by atoms with Gasteiger partial charge in [-0.25, -0.2) is 0 Å². The third-order valence-corrected chi connectivity index (χ3v) is 4.06. The molecule has 0 aromatic heterocycles. The number of aliphatic hydroxyl groups is 2. The second-order valence-electron chi connectivity index (χ2n) is 3.48. The van der Waals surface area contributed by atoms with Crippen molar-refractivity contribution in [2.24, 2.45) is 0 Å². The largest absolute Gasteiger partial charge is 0.394 e. The lowest BCUT2D eigenvalue weighted by atomic mass is 10.5. The van der Waals surface area contributed by atoms with Crippen LogP contribution >= 0.6 is 39.7 Å². The van der Waals surface area contributed by atoms with Gasteiger partial charge in [-0.1, -0.05) is 36.4 Å². The van der Waals surface area contributed by atoms with Crippen molar-refractivity contribution in [3.05, 3.63) is 0 Å². The Labute approximate surface area is 130 Å². The molecule has 0 aliphatic carbocycles. The fraction of sp³-hybridized carbons (Fsp3) is 0.900. The smallest absolute Gasteiger partial charge is 0.340 e. The first-order valence-electron chi connectivity index (χ1n) is 5.38. The summed E-state index contributed by atoms with van der Waals surface area (Å²) < 4.78 is 21.4. The average Bonchev–Trinajstić information content (AvgIpc) is 2.87. The van der Waals surface area contributed by atoms with E-state index in [1.54, 1.807) is 6.66 Å². The van der Waals surface area contributed by atoms with Crippen LogP contribution in [-0.4, -0.2) is 72.2 Å². The van der Waals surface area contributed by atoms with Crippen LogP contribution in [0.25, 0.3) is 0 Å². The zero-order valence-electron chi connectivity index (χ0n) is 10.7. The molecule has 1 aliphatic rings. The molecule has 9 heteroatoms. The SMILES string of the molecule is C=O.C[P+](=O)CC1OCC(CBr)O1.OCC(O)CBr. The number of rotatable bonds is 5. The summed E-state index contributed by atoms with van der Waals surface area (Å²) in [4.78, 5) is 8.00. The molecule has 1 aliphatic heterocycles. The van der Waals surface area contributed by atoms with Crippen LogP contribution in [0.5, 0.6) is 0 Å². The van der Waals surface area contributed by atoms with Crippen molar-refractivity contribution in [1.82, 2.24) is 0 Å². The molecule has 19 heavy (non-hydrogen) atoms. The van der Waals surface area contributed by atoms with E-state index in [-0.39, 0.29) is 19.0 Å². The number of aliphatic hydroxyl groups excluding tert-OH is 2. The van der Waals surface area contributed by atoms with Crippen LogP contribution in [0.15, 0.2) is 0 Å². The number of hydrogen-bond donors (Lipinski definition) is 2. The third-order valence-electron chi connectivity index (χ3n) is 1.78. The summed E-state index contributed by atoms with van der Waals surface area (Å²) in [6, 6.07) is 0. The van der Waals surface area contributed by atoms with Crippen LogP contribution < -0.4 is 0 Å². The van der Waals surface area contributed by atoms with Gasteiger partial charge in [0.1, 0.15) is 13.5 Å². The minimum atomic E-state index is -1.15. The van der Waals surface area contributed by atoms with Gasteiger partial charge in [-0.15, -0.1) is 0 Å². The highest BCUT2D eigenvalue weighted by Crippen LogP contribution is 2.22. The maximum Gasteiger partial charge on any atom is 0.340 e. The summed E-state index contributed by atoms with van der Waals surface area (Å²) in [5.41, 5.74) is 0. The van der Waals surface area contributed by atoms with E-state index in [4.69, 9.17) is 24.5 Å². The first-order valence-corrected chi connectivity index (χ1v) is 9.52. The summed E-state index contributed by atoms with van der Waals surface area (Å²) >= 11 is 6.26. The third kappa shape index (κ3) is 13.3. The van der Waals surface area contributed by atoms with E-state index in [1.807, 2.05) is 6.79 Å².